The lowest BCUT2D eigenvalue weighted by Gasteiger charge is -2.07. The van der Waals surface area contributed by atoms with Gasteiger partial charge in [-0.05, 0) is 73.2 Å². The number of rotatable bonds is 19. The van der Waals surface area contributed by atoms with Crippen LogP contribution in [-0.2, 0) is 22.4 Å². The second-order valence-electron chi connectivity index (χ2n) is 10.7. The van der Waals surface area contributed by atoms with Crippen molar-refractivity contribution in [3.63, 3.8) is 0 Å². The fraction of sp³-hybridized carbons (Fsp3) is 0.375. The molecular weight excluding hydrogens is 756 g/mol. The van der Waals surface area contributed by atoms with Gasteiger partial charge in [-0.25, -0.2) is 0 Å². The van der Waals surface area contributed by atoms with Crippen LogP contribution in [0.1, 0.15) is 49.7 Å². The molecule has 10 nitrogen and oxygen atoms in total. The molecule has 0 atom stereocenters. The molecule has 14 heteroatoms. The number of aromatic amines is 2. The van der Waals surface area contributed by atoms with Crippen molar-refractivity contribution in [2.45, 2.75) is 51.4 Å². The number of hydrogen-bond donors (Lipinski definition) is 6. The maximum atomic E-state index is 12.5. The standard InChI is InChI=1S/C32H38Br2N6O4S2/c33-23-7-9-27-25(17-23)21(19-37-27)15-29(39-43)31(41)35-11-3-1-5-13-45-46-14-6-2-4-12-36-32(42)30(40-44)16-22-20-38-28-10-8-24(34)18-26(22)28/h7-10,17-20,37-38,43-44H,1-6,11-16H2,(H,35,41)(H,36,42)/b39-29+,40-30+. The van der Waals surface area contributed by atoms with Crippen LogP contribution in [-0.4, -0.2) is 68.2 Å². The Balaban J connectivity index is 0.982. The molecule has 246 valence electrons. The molecule has 4 rings (SSSR count). The first-order valence-corrected chi connectivity index (χ1v) is 19.2. The largest absolute Gasteiger partial charge is 0.410 e. The lowest BCUT2D eigenvalue weighted by Crippen LogP contribution is -2.33. The molecule has 0 spiro atoms. The third kappa shape index (κ3) is 10.8. The average Bonchev–Trinajstić information content (AvgIpc) is 3.64. The molecule has 0 radical (unpaired) electrons. The Morgan fingerprint density at radius 1 is 0.674 bits per heavy atom. The van der Waals surface area contributed by atoms with Crippen molar-refractivity contribution in [2.75, 3.05) is 24.6 Å². The van der Waals surface area contributed by atoms with Crippen LogP contribution in [0.2, 0.25) is 0 Å². The highest BCUT2D eigenvalue weighted by Gasteiger charge is 2.17. The van der Waals surface area contributed by atoms with Crippen LogP contribution in [0, 0.1) is 0 Å². The lowest BCUT2D eigenvalue weighted by molar-refractivity contribution is -0.115. The van der Waals surface area contributed by atoms with E-state index < -0.39 is 0 Å². The predicted molar refractivity (Wildman–Crippen MR) is 196 cm³/mol. The van der Waals surface area contributed by atoms with E-state index in [1.54, 1.807) is 0 Å². The first-order chi connectivity index (χ1) is 22.4. The molecule has 0 fully saturated rings. The van der Waals surface area contributed by atoms with Crippen molar-refractivity contribution in [1.82, 2.24) is 20.6 Å². The highest BCUT2D eigenvalue weighted by molar-refractivity contribution is 9.10. The Kier molecular flexibility index (Phi) is 14.8. The number of fused-ring (bicyclic) bond motifs is 2. The van der Waals surface area contributed by atoms with Crippen molar-refractivity contribution in [2.24, 2.45) is 10.3 Å². The molecule has 0 bridgehead atoms. The molecule has 0 aliphatic heterocycles. The smallest absolute Gasteiger partial charge is 0.269 e. The summed E-state index contributed by atoms with van der Waals surface area (Å²) in [6.45, 7) is 1.08. The monoisotopic (exact) mass is 792 g/mol. The summed E-state index contributed by atoms with van der Waals surface area (Å²) in [5.41, 5.74) is 3.90. The molecule has 46 heavy (non-hydrogen) atoms. The van der Waals surface area contributed by atoms with Gasteiger partial charge in [-0.15, -0.1) is 0 Å². The number of H-pyrrole nitrogens is 2. The van der Waals surface area contributed by atoms with E-state index in [1.807, 2.05) is 70.4 Å². The zero-order valence-corrected chi connectivity index (χ0v) is 30.1. The number of aromatic nitrogens is 2. The maximum Gasteiger partial charge on any atom is 0.269 e. The summed E-state index contributed by atoms with van der Waals surface area (Å²) in [6, 6.07) is 11.8. The fourth-order valence-electron chi connectivity index (χ4n) is 4.93. The van der Waals surface area contributed by atoms with Gasteiger partial charge in [-0.3, -0.25) is 9.59 Å². The van der Waals surface area contributed by atoms with Gasteiger partial charge in [0.1, 0.15) is 11.4 Å². The summed E-state index contributed by atoms with van der Waals surface area (Å²) in [7, 11) is 3.72. The summed E-state index contributed by atoms with van der Waals surface area (Å²) in [5, 5.41) is 33.0. The van der Waals surface area contributed by atoms with E-state index in [2.05, 4.69) is 62.8 Å². The Morgan fingerprint density at radius 2 is 1.11 bits per heavy atom. The SMILES string of the molecule is O=C(NCCCCCSSCCCCCNC(=O)/C(Cc1c[nH]c2ccc(Br)cc12)=N/O)/C(Cc1c[nH]c2ccc(Br)cc12)=N/O. The summed E-state index contributed by atoms with van der Waals surface area (Å²) in [4.78, 5) is 31.4. The van der Waals surface area contributed by atoms with Gasteiger partial charge in [0, 0.05) is 80.6 Å². The third-order valence-electron chi connectivity index (χ3n) is 7.40. The molecule has 0 saturated heterocycles. The lowest BCUT2D eigenvalue weighted by atomic mass is 10.1. The molecule has 2 aromatic heterocycles. The minimum atomic E-state index is -0.350. The van der Waals surface area contributed by atoms with Crippen LogP contribution in [0.15, 0.2) is 68.0 Å². The highest BCUT2D eigenvalue weighted by atomic mass is 79.9. The van der Waals surface area contributed by atoms with Gasteiger partial charge in [0.05, 0.1) is 0 Å². The average molecular weight is 795 g/mol. The van der Waals surface area contributed by atoms with E-state index in [9.17, 15) is 20.0 Å². The Labute approximate surface area is 292 Å². The van der Waals surface area contributed by atoms with Crippen LogP contribution in [0.25, 0.3) is 21.8 Å². The number of nitrogens with zero attached hydrogens (tertiary/aromatic N) is 2. The third-order valence-corrected chi connectivity index (χ3v) is 11.0. The topological polar surface area (TPSA) is 155 Å². The number of amides is 2. The van der Waals surface area contributed by atoms with Crippen molar-refractivity contribution in [1.29, 1.82) is 0 Å². The minimum Gasteiger partial charge on any atom is -0.410 e. The van der Waals surface area contributed by atoms with Crippen LogP contribution in [0.3, 0.4) is 0 Å². The van der Waals surface area contributed by atoms with E-state index in [0.717, 1.165) is 91.9 Å². The quantitative estimate of drug-likeness (QED) is 0.0189. The molecule has 2 aromatic carbocycles. The molecule has 0 unspecified atom stereocenters. The number of halogens is 2. The number of oxime groups is 2. The molecule has 2 heterocycles. The van der Waals surface area contributed by atoms with Crippen molar-refractivity contribution in [3.05, 3.63) is 68.9 Å². The number of carbonyl (C=O) groups is 2. The normalized spacial score (nSPS) is 12.2. The van der Waals surface area contributed by atoms with Crippen LogP contribution in [0.4, 0.5) is 0 Å². The van der Waals surface area contributed by atoms with Gasteiger partial charge in [-0.2, -0.15) is 0 Å². The second-order valence-corrected chi connectivity index (χ2v) is 15.3. The number of carbonyl (C=O) groups excluding carboxylic acids is 2. The van der Waals surface area contributed by atoms with Crippen molar-refractivity contribution < 1.29 is 20.0 Å². The molecule has 4 aromatic rings. The molecule has 6 N–H and O–H groups in total. The van der Waals surface area contributed by atoms with Crippen LogP contribution >= 0.6 is 53.4 Å². The Hall–Kier alpha value is -2.94. The van der Waals surface area contributed by atoms with E-state index in [1.165, 1.54) is 0 Å². The fourth-order valence-corrected chi connectivity index (χ4v) is 7.94. The Bertz CT molecular complexity index is 1550. The summed E-state index contributed by atoms with van der Waals surface area (Å²) < 4.78 is 1.89. The zero-order valence-electron chi connectivity index (χ0n) is 25.3. The number of unbranched alkanes of at least 4 members (excludes halogenated alkanes) is 4. The van der Waals surface area contributed by atoms with Gasteiger partial charge < -0.3 is 31.0 Å². The van der Waals surface area contributed by atoms with Crippen molar-refractivity contribution in [3.8, 4) is 0 Å². The first-order valence-electron chi connectivity index (χ1n) is 15.1. The summed E-state index contributed by atoms with van der Waals surface area (Å²) in [5.74, 6) is 1.39. The number of benzene rings is 2. The van der Waals surface area contributed by atoms with E-state index in [0.29, 0.717) is 13.1 Å². The van der Waals surface area contributed by atoms with Gasteiger partial charge in [-0.1, -0.05) is 76.6 Å². The zero-order chi connectivity index (χ0) is 32.7. The number of hydrogen-bond acceptors (Lipinski definition) is 8. The van der Waals surface area contributed by atoms with E-state index in [-0.39, 0.29) is 36.1 Å². The summed E-state index contributed by atoms with van der Waals surface area (Å²) in [6.07, 6.45) is 10.0. The van der Waals surface area contributed by atoms with E-state index in [4.69, 9.17) is 0 Å². The Morgan fingerprint density at radius 3 is 1.52 bits per heavy atom. The second kappa shape index (κ2) is 19.0. The minimum absolute atomic E-state index is 0.0917. The van der Waals surface area contributed by atoms with Gasteiger partial charge >= 0.3 is 0 Å². The molecule has 0 aliphatic carbocycles. The van der Waals surface area contributed by atoms with Crippen molar-refractivity contribution >= 4 is 98.5 Å². The number of nitrogens with one attached hydrogen (secondary N) is 4. The summed E-state index contributed by atoms with van der Waals surface area (Å²) >= 11 is 6.94. The molecular formula is C32H38Br2N6O4S2. The molecule has 2 amide bonds. The van der Waals surface area contributed by atoms with Gasteiger partial charge in [0.2, 0.25) is 0 Å². The van der Waals surface area contributed by atoms with E-state index >= 15 is 0 Å². The molecule has 0 saturated carbocycles. The van der Waals surface area contributed by atoms with Crippen LogP contribution < -0.4 is 10.6 Å². The van der Waals surface area contributed by atoms with Crippen LogP contribution in [0.5, 0.6) is 0 Å². The van der Waals surface area contributed by atoms with Gasteiger partial charge in [0.25, 0.3) is 11.8 Å². The maximum absolute atomic E-state index is 12.5. The van der Waals surface area contributed by atoms with Gasteiger partial charge in [0.15, 0.2) is 0 Å². The molecule has 0 aliphatic rings. The first kappa shape index (κ1) is 35.9. The highest BCUT2D eigenvalue weighted by Crippen LogP contribution is 2.25. The predicted octanol–water partition coefficient (Wildman–Crippen LogP) is 7.57.